The van der Waals surface area contributed by atoms with Crippen LogP contribution >= 0.6 is 0 Å². The number of carboxylic acids is 1. The predicted octanol–water partition coefficient (Wildman–Crippen LogP) is 2.52. The van der Waals surface area contributed by atoms with Crippen molar-refractivity contribution < 1.29 is 92.4 Å². The maximum absolute atomic E-state index is 13.5. The number of carbonyl (C=O) groups is 9. The molecule has 6 rings (SSSR count). The van der Waals surface area contributed by atoms with Gasteiger partial charge in [0.1, 0.15) is 41.4 Å². The number of aromatic hydroxyl groups is 2. The van der Waals surface area contributed by atoms with Gasteiger partial charge in [0.25, 0.3) is 5.91 Å². The van der Waals surface area contributed by atoms with Gasteiger partial charge in [0.15, 0.2) is 11.4 Å². The Balaban J connectivity index is 0.000000309. The van der Waals surface area contributed by atoms with Crippen molar-refractivity contribution in [2.75, 3.05) is 0 Å². The van der Waals surface area contributed by atoms with Crippen LogP contribution in [0.4, 0.5) is 4.79 Å². The van der Waals surface area contributed by atoms with Gasteiger partial charge < -0.3 is 70.5 Å². The summed E-state index contributed by atoms with van der Waals surface area (Å²) in [5, 5.41) is 59.7. The molecule has 0 radical (unpaired) electrons. The van der Waals surface area contributed by atoms with Gasteiger partial charge in [-0.05, 0) is 109 Å². The highest BCUT2D eigenvalue weighted by Gasteiger charge is 2.43. The average Bonchev–Trinajstić information content (AvgIpc) is 2.91. The second-order valence-corrected chi connectivity index (χ2v) is 21.5. The van der Waals surface area contributed by atoms with Crippen molar-refractivity contribution in [2.24, 2.45) is 23.7 Å². The van der Waals surface area contributed by atoms with Crippen LogP contribution in [-0.2, 0) is 65.3 Å². The first-order chi connectivity index (χ1) is 39.4. The summed E-state index contributed by atoms with van der Waals surface area (Å²) in [5.41, 5.74) is -0.118. The van der Waals surface area contributed by atoms with E-state index in [1.807, 2.05) is 0 Å². The summed E-state index contributed by atoms with van der Waals surface area (Å²) in [6.07, 6.45) is 0.490. The fourth-order valence-electron chi connectivity index (χ4n) is 8.16. The molecule has 27 nitrogen and oxygen atoms in total. The minimum absolute atomic E-state index is 0.0990. The molecule has 4 aromatic rings. The zero-order valence-electron chi connectivity index (χ0n) is 48.3. The number of aliphatic hydroxyl groups is 2. The van der Waals surface area contributed by atoms with Gasteiger partial charge in [0, 0.05) is 49.0 Å². The number of aliphatic hydroxyl groups excluding tert-OH is 2. The van der Waals surface area contributed by atoms with E-state index in [-0.39, 0.29) is 30.0 Å². The molecule has 9 N–H and O–H groups in total. The molecule has 4 aromatic heterocycles. The van der Waals surface area contributed by atoms with Crippen molar-refractivity contribution in [2.45, 2.75) is 155 Å². The van der Waals surface area contributed by atoms with Gasteiger partial charge >= 0.3 is 35.9 Å². The highest BCUT2D eigenvalue weighted by atomic mass is 16.6. The van der Waals surface area contributed by atoms with E-state index < -0.39 is 149 Å². The Hall–Kier alpha value is -8.85. The molecule has 0 spiro atoms. The van der Waals surface area contributed by atoms with Gasteiger partial charge in [0.2, 0.25) is 24.0 Å². The van der Waals surface area contributed by atoms with E-state index in [4.69, 9.17) is 33.9 Å². The predicted molar refractivity (Wildman–Crippen MR) is 294 cm³/mol. The molecule has 12 atom stereocenters. The lowest BCUT2D eigenvalue weighted by Crippen LogP contribution is -2.60. The number of pyridine rings is 4. The molecule has 6 heterocycles. The Bertz CT molecular complexity index is 2910. The Morgan fingerprint density at radius 1 is 0.595 bits per heavy atom. The van der Waals surface area contributed by atoms with Crippen LogP contribution in [0.1, 0.15) is 108 Å². The lowest BCUT2D eigenvalue weighted by Gasteiger charge is -2.33. The fraction of sp³-hybridized carbons (Fsp3) is 0.491. The van der Waals surface area contributed by atoms with Crippen molar-refractivity contribution in [3.05, 3.63) is 108 Å². The first-order valence-corrected chi connectivity index (χ1v) is 26.8. The molecule has 0 saturated carbocycles. The molecule has 0 unspecified atom stereocenters. The Morgan fingerprint density at radius 3 is 1.33 bits per heavy atom. The first kappa shape index (κ1) is 67.7. The Morgan fingerprint density at radius 2 is 0.988 bits per heavy atom. The van der Waals surface area contributed by atoms with E-state index >= 15 is 0 Å². The van der Waals surface area contributed by atoms with E-state index in [0.717, 1.165) is 0 Å². The highest BCUT2D eigenvalue weighted by molar-refractivity contribution is 5.98. The van der Waals surface area contributed by atoms with Gasteiger partial charge in [-0.1, -0.05) is 39.8 Å². The fourth-order valence-corrected chi connectivity index (χ4v) is 8.16. The molecule has 0 aliphatic carbocycles. The van der Waals surface area contributed by atoms with E-state index in [1.54, 1.807) is 97.5 Å². The zero-order valence-corrected chi connectivity index (χ0v) is 48.3. The molecule has 2 fully saturated rings. The van der Waals surface area contributed by atoms with Crippen molar-refractivity contribution in [3.8, 4) is 11.5 Å². The lowest BCUT2D eigenvalue weighted by molar-refractivity contribution is -0.180. The van der Waals surface area contributed by atoms with E-state index in [9.17, 15) is 58.5 Å². The molecule has 84 heavy (non-hydrogen) atoms. The number of rotatable bonds is 10. The van der Waals surface area contributed by atoms with Crippen LogP contribution in [0.5, 0.6) is 11.5 Å². The third kappa shape index (κ3) is 20.0. The number of esters is 4. The maximum atomic E-state index is 13.5. The molecule has 456 valence electrons. The molecule has 2 aliphatic heterocycles. The highest BCUT2D eigenvalue weighted by Crippen LogP contribution is 2.23. The van der Waals surface area contributed by atoms with Crippen LogP contribution in [0.15, 0.2) is 85.7 Å². The van der Waals surface area contributed by atoms with Gasteiger partial charge in [-0.25, -0.2) is 29.1 Å². The number of hydrogen-bond acceptors (Lipinski definition) is 22. The van der Waals surface area contributed by atoms with E-state index in [2.05, 4.69) is 41.2 Å². The SMILES string of the molecule is CC(C)[C@@H]1OC(=O)[C@H](C)[C@H](O)[C@H](Cc2cccnc2)NC(=O)[C@@H](NC(=O)OC(C)(C)C)[C@@H](C)OC1=O.CC(C)[C@@H]1OC(=O)[C@H](C)[C@H](O)[C@H](Cc2cccnc2)NC(=O)[C@@H](NC(=O)c2ncccc2O)[C@@H](C)OC1=O.O=C(O)c1ncccc1O. The standard InChI is InChI=1S/C26H32N4O8.C25H37N3O8.C6H5NO3/c1-13(2)22-26(36)37-15(4)19(30-24(34)20-18(31)8-6-10-28-20)23(33)29-17(11-16-7-5-9-27-12-16)21(32)14(3)25(35)38-22;1-13(2)20-23(32)34-15(4)18(28-24(33)36-25(5,6)7)21(30)27-17(11-16-9-8-10-26-12-16)19(29)14(3)22(31)35-20;8-4-2-1-3-7-5(4)6(9)10/h5-10,12-15,17,19,21-22,31-32H,11H2,1-4H3,(H,29,33)(H,30,34);8-10,12-15,17-20,29H,11H2,1-7H3,(H,27,30)(H,28,33);1-3,8H,(H,9,10)/t14-,15-,17+,19+,21+,22+;14-,15-,17+,18+,19+,20+;/m11./s1. The zero-order chi connectivity index (χ0) is 62.7. The van der Waals surface area contributed by atoms with Crippen LogP contribution in [0.3, 0.4) is 0 Å². The number of ether oxygens (including phenoxy) is 5. The molecule has 4 amide bonds. The molecule has 0 bridgehead atoms. The van der Waals surface area contributed by atoms with E-state index in [0.29, 0.717) is 11.1 Å². The topological polar surface area (TPSA) is 401 Å². The van der Waals surface area contributed by atoms with Crippen LogP contribution in [-0.4, -0.2) is 166 Å². The monoisotopic (exact) mass is 1170 g/mol. The summed E-state index contributed by atoms with van der Waals surface area (Å²) in [7, 11) is 0. The van der Waals surface area contributed by atoms with Crippen molar-refractivity contribution in [1.29, 1.82) is 0 Å². The minimum atomic E-state index is -1.45. The number of carbonyl (C=O) groups excluding carboxylic acids is 8. The number of alkyl carbamates (subject to hydrolysis) is 1. The first-order valence-electron chi connectivity index (χ1n) is 26.8. The van der Waals surface area contributed by atoms with Gasteiger partial charge in [-0.15, -0.1) is 0 Å². The van der Waals surface area contributed by atoms with Crippen LogP contribution in [0.25, 0.3) is 0 Å². The Labute approximate surface area is 484 Å². The van der Waals surface area contributed by atoms with E-state index in [1.165, 1.54) is 64.4 Å². The number of carboxylic acid groups (broad SMARTS) is 1. The number of hydrogen-bond donors (Lipinski definition) is 9. The van der Waals surface area contributed by atoms with Gasteiger partial charge in [0.05, 0.1) is 36.1 Å². The molecular weight excluding hydrogens is 1100 g/mol. The molecule has 2 saturated heterocycles. The maximum Gasteiger partial charge on any atom is 0.408 e. The van der Waals surface area contributed by atoms with Gasteiger partial charge in [-0.2, -0.15) is 0 Å². The largest absolute Gasteiger partial charge is 0.505 e. The third-order valence-electron chi connectivity index (χ3n) is 12.8. The second-order valence-electron chi connectivity index (χ2n) is 21.5. The second kappa shape index (κ2) is 31.0. The van der Waals surface area contributed by atoms with Crippen LogP contribution in [0.2, 0.25) is 0 Å². The summed E-state index contributed by atoms with van der Waals surface area (Å²) in [6.45, 7) is 17.3. The number of aromatic carboxylic acids is 1. The number of nitrogens with zero attached hydrogens (tertiary/aromatic N) is 4. The average molecular weight is 1180 g/mol. The summed E-state index contributed by atoms with van der Waals surface area (Å²) >= 11 is 0. The minimum Gasteiger partial charge on any atom is -0.505 e. The summed E-state index contributed by atoms with van der Waals surface area (Å²) in [4.78, 5) is 129. The third-order valence-corrected chi connectivity index (χ3v) is 12.8. The summed E-state index contributed by atoms with van der Waals surface area (Å²) < 4.78 is 27.0. The number of cyclic esters (lactones) is 4. The lowest BCUT2D eigenvalue weighted by atomic mass is 9.92. The molecule has 0 aromatic carbocycles. The number of nitrogens with one attached hydrogen (secondary N) is 4. The number of aromatic nitrogens is 4. The summed E-state index contributed by atoms with van der Waals surface area (Å²) in [5.74, 6) is -10.9. The normalized spacial score (nSPS) is 25.3. The van der Waals surface area contributed by atoms with Crippen LogP contribution in [0, 0.1) is 23.7 Å². The number of amides is 4. The van der Waals surface area contributed by atoms with Crippen molar-refractivity contribution in [3.63, 3.8) is 0 Å². The molecule has 27 heteroatoms. The van der Waals surface area contributed by atoms with Crippen molar-refractivity contribution >= 4 is 53.7 Å². The summed E-state index contributed by atoms with van der Waals surface area (Å²) in [6, 6.07) is 7.57. The smallest absolute Gasteiger partial charge is 0.408 e. The quantitative estimate of drug-likeness (QED) is 0.0813. The van der Waals surface area contributed by atoms with Crippen molar-refractivity contribution in [1.82, 2.24) is 41.2 Å². The molecular formula is C57H74N8O19. The van der Waals surface area contributed by atoms with Crippen LogP contribution < -0.4 is 21.3 Å². The van der Waals surface area contributed by atoms with Gasteiger partial charge in [-0.3, -0.25) is 33.9 Å². The molecule has 2 aliphatic rings. The Kier molecular flexibility index (Phi) is 25.0.